The van der Waals surface area contributed by atoms with E-state index in [1.165, 1.54) is 18.2 Å². The first kappa shape index (κ1) is 14.3. The van der Waals surface area contributed by atoms with Crippen LogP contribution in [-0.2, 0) is 13.0 Å². The maximum absolute atomic E-state index is 13.3. The van der Waals surface area contributed by atoms with Crippen molar-refractivity contribution >= 4 is 16.8 Å². The first-order chi connectivity index (χ1) is 10.7. The molecule has 0 spiro atoms. The summed E-state index contributed by atoms with van der Waals surface area (Å²) < 4.78 is 18.0. The molecule has 0 aliphatic heterocycles. The van der Waals surface area contributed by atoms with E-state index in [0.29, 0.717) is 13.0 Å². The second kappa shape index (κ2) is 5.98. The van der Waals surface area contributed by atoms with Crippen LogP contribution < -0.4 is 5.32 Å². The van der Waals surface area contributed by atoms with Crippen molar-refractivity contribution in [1.82, 2.24) is 15.5 Å². The number of carbonyl (C=O) groups is 1. The third-order valence-corrected chi connectivity index (χ3v) is 3.36. The van der Waals surface area contributed by atoms with Crippen LogP contribution in [0.3, 0.4) is 0 Å². The van der Waals surface area contributed by atoms with Gasteiger partial charge in [0.05, 0.1) is 0 Å². The number of halogens is 1. The Hall–Kier alpha value is -2.67. The second-order valence-electron chi connectivity index (χ2n) is 4.85. The number of rotatable bonds is 5. The molecule has 0 atom stereocenters. The van der Waals surface area contributed by atoms with Gasteiger partial charge in [-0.15, -0.1) is 0 Å². The van der Waals surface area contributed by atoms with Crippen LogP contribution in [0.5, 0.6) is 0 Å². The van der Waals surface area contributed by atoms with Crippen molar-refractivity contribution in [2.45, 2.75) is 13.0 Å². The minimum Gasteiger partial charge on any atom is -0.388 e. The van der Waals surface area contributed by atoms with Crippen LogP contribution in [-0.4, -0.2) is 27.7 Å². The molecule has 0 unspecified atom stereocenters. The summed E-state index contributed by atoms with van der Waals surface area (Å²) in [5.41, 5.74) is 1.90. The van der Waals surface area contributed by atoms with Gasteiger partial charge in [0.15, 0.2) is 11.5 Å². The Morgan fingerprint density at radius 1 is 1.41 bits per heavy atom. The normalized spacial score (nSPS) is 11.0. The van der Waals surface area contributed by atoms with Gasteiger partial charge in [-0.2, -0.15) is 0 Å². The van der Waals surface area contributed by atoms with E-state index in [1.807, 2.05) is 0 Å². The molecule has 0 saturated heterocycles. The lowest BCUT2D eigenvalue weighted by Gasteiger charge is -2.02. The number of H-pyrrole nitrogens is 1. The van der Waals surface area contributed by atoms with Crippen LogP contribution in [0, 0.1) is 5.82 Å². The zero-order valence-electron chi connectivity index (χ0n) is 11.6. The zero-order chi connectivity index (χ0) is 15.5. The van der Waals surface area contributed by atoms with Crippen molar-refractivity contribution in [2.24, 2.45) is 0 Å². The average Bonchev–Trinajstić information content (AvgIpc) is 3.14. The molecular weight excluding hydrogens is 289 g/mol. The summed E-state index contributed by atoms with van der Waals surface area (Å²) in [5.74, 6) is -0.441. The van der Waals surface area contributed by atoms with Gasteiger partial charge < -0.3 is 19.9 Å². The third-order valence-electron chi connectivity index (χ3n) is 3.36. The summed E-state index contributed by atoms with van der Waals surface area (Å²) in [7, 11) is 0. The maximum Gasteiger partial charge on any atom is 0.273 e. The van der Waals surface area contributed by atoms with Crippen LogP contribution in [0.4, 0.5) is 4.39 Å². The van der Waals surface area contributed by atoms with Gasteiger partial charge in [-0.1, -0.05) is 5.16 Å². The standard InChI is InChI=1S/C15H14FN3O3/c16-10-1-2-13-12(5-10)9(7-18-13)3-4-17-15(21)14-6-11(8-20)22-19-14/h1-2,5-7,18,20H,3-4,8H2,(H,17,21). The number of fused-ring (bicyclic) bond motifs is 1. The summed E-state index contributed by atoms with van der Waals surface area (Å²) in [6, 6.07) is 5.93. The molecule has 1 amide bonds. The molecule has 114 valence electrons. The first-order valence-electron chi connectivity index (χ1n) is 6.77. The molecule has 0 saturated carbocycles. The zero-order valence-corrected chi connectivity index (χ0v) is 11.6. The van der Waals surface area contributed by atoms with Gasteiger partial charge in [0.1, 0.15) is 12.4 Å². The number of hydrogen-bond donors (Lipinski definition) is 3. The summed E-state index contributed by atoms with van der Waals surface area (Å²) in [6.45, 7) is 0.0742. The number of amides is 1. The van der Waals surface area contributed by atoms with Crippen LogP contribution in [0.1, 0.15) is 21.8 Å². The predicted molar refractivity (Wildman–Crippen MR) is 76.7 cm³/mol. The summed E-state index contributed by atoms with van der Waals surface area (Å²) in [4.78, 5) is 14.9. The Balaban J connectivity index is 1.62. The highest BCUT2D eigenvalue weighted by molar-refractivity contribution is 5.92. The molecule has 2 heterocycles. The fraction of sp³-hybridized carbons (Fsp3) is 0.200. The molecular formula is C15H14FN3O3. The van der Waals surface area contributed by atoms with Gasteiger partial charge in [-0.05, 0) is 30.2 Å². The number of aliphatic hydroxyl groups excluding tert-OH is 1. The van der Waals surface area contributed by atoms with E-state index in [4.69, 9.17) is 9.63 Å². The molecule has 6 nitrogen and oxygen atoms in total. The molecule has 0 aliphatic rings. The molecule has 1 aromatic carbocycles. The molecule has 7 heteroatoms. The van der Waals surface area contributed by atoms with E-state index < -0.39 is 0 Å². The smallest absolute Gasteiger partial charge is 0.273 e. The van der Waals surface area contributed by atoms with E-state index in [9.17, 15) is 9.18 Å². The van der Waals surface area contributed by atoms with Crippen LogP contribution in [0.15, 0.2) is 35.0 Å². The average molecular weight is 303 g/mol. The number of aromatic amines is 1. The van der Waals surface area contributed by atoms with Gasteiger partial charge in [0, 0.05) is 29.7 Å². The minimum atomic E-state index is -0.380. The van der Waals surface area contributed by atoms with Gasteiger partial charge in [-0.25, -0.2) is 4.39 Å². The number of benzene rings is 1. The van der Waals surface area contributed by atoms with Crippen LogP contribution in [0.25, 0.3) is 10.9 Å². The molecule has 3 N–H and O–H groups in total. The molecule has 0 aliphatic carbocycles. The summed E-state index contributed by atoms with van der Waals surface area (Å²) in [6.07, 6.45) is 2.36. The Morgan fingerprint density at radius 2 is 2.27 bits per heavy atom. The summed E-state index contributed by atoms with van der Waals surface area (Å²) in [5, 5.41) is 15.9. The molecule has 2 aromatic heterocycles. The number of hydrogen-bond acceptors (Lipinski definition) is 4. The lowest BCUT2D eigenvalue weighted by molar-refractivity contribution is 0.0944. The highest BCUT2D eigenvalue weighted by atomic mass is 19.1. The number of carbonyl (C=O) groups excluding carboxylic acids is 1. The van der Waals surface area contributed by atoms with E-state index in [-0.39, 0.29) is 29.8 Å². The molecule has 0 fully saturated rings. The topological polar surface area (TPSA) is 91.2 Å². The maximum atomic E-state index is 13.3. The van der Waals surface area contributed by atoms with Gasteiger partial charge in [0.25, 0.3) is 5.91 Å². The van der Waals surface area contributed by atoms with Crippen molar-refractivity contribution < 1.29 is 18.8 Å². The highest BCUT2D eigenvalue weighted by Gasteiger charge is 2.12. The third kappa shape index (κ3) is 2.84. The molecule has 3 rings (SSSR count). The molecule has 22 heavy (non-hydrogen) atoms. The van der Waals surface area contributed by atoms with E-state index in [0.717, 1.165) is 16.5 Å². The van der Waals surface area contributed by atoms with E-state index >= 15 is 0 Å². The van der Waals surface area contributed by atoms with E-state index in [2.05, 4.69) is 15.5 Å². The first-order valence-corrected chi connectivity index (χ1v) is 6.77. The highest BCUT2D eigenvalue weighted by Crippen LogP contribution is 2.19. The quantitative estimate of drug-likeness (QED) is 0.670. The Bertz CT molecular complexity index is 809. The fourth-order valence-corrected chi connectivity index (χ4v) is 2.25. The minimum absolute atomic E-state index is 0.119. The monoisotopic (exact) mass is 303 g/mol. The van der Waals surface area contributed by atoms with Crippen molar-refractivity contribution in [3.05, 3.63) is 53.3 Å². The second-order valence-corrected chi connectivity index (χ2v) is 4.85. The van der Waals surface area contributed by atoms with Crippen LogP contribution >= 0.6 is 0 Å². The number of aromatic nitrogens is 2. The lowest BCUT2D eigenvalue weighted by atomic mass is 10.1. The number of nitrogens with zero attached hydrogens (tertiary/aromatic N) is 1. The largest absolute Gasteiger partial charge is 0.388 e. The fourth-order valence-electron chi connectivity index (χ4n) is 2.25. The molecule has 0 bridgehead atoms. The van der Waals surface area contributed by atoms with Crippen LogP contribution in [0.2, 0.25) is 0 Å². The van der Waals surface area contributed by atoms with E-state index in [1.54, 1.807) is 12.3 Å². The predicted octanol–water partition coefficient (Wildman–Crippen LogP) is 1.76. The van der Waals surface area contributed by atoms with Crippen molar-refractivity contribution in [3.8, 4) is 0 Å². The lowest BCUT2D eigenvalue weighted by Crippen LogP contribution is -2.25. The SMILES string of the molecule is O=C(NCCc1c[nH]c2ccc(F)cc12)c1cc(CO)on1. The Morgan fingerprint density at radius 3 is 3.05 bits per heavy atom. The Kier molecular flexibility index (Phi) is 3.88. The van der Waals surface area contributed by atoms with Gasteiger partial charge in [-0.3, -0.25) is 4.79 Å². The molecule has 0 radical (unpaired) electrons. The molecule has 3 aromatic rings. The van der Waals surface area contributed by atoms with Crippen molar-refractivity contribution in [2.75, 3.05) is 6.54 Å². The van der Waals surface area contributed by atoms with Crippen molar-refractivity contribution in [3.63, 3.8) is 0 Å². The Labute approximate surface area is 124 Å². The summed E-state index contributed by atoms with van der Waals surface area (Å²) >= 11 is 0. The van der Waals surface area contributed by atoms with Gasteiger partial charge >= 0.3 is 0 Å². The van der Waals surface area contributed by atoms with Crippen molar-refractivity contribution in [1.29, 1.82) is 0 Å². The number of nitrogens with one attached hydrogen (secondary N) is 2. The number of aliphatic hydroxyl groups is 1. The van der Waals surface area contributed by atoms with Gasteiger partial charge in [0.2, 0.25) is 0 Å².